The van der Waals surface area contributed by atoms with Gasteiger partial charge in [0, 0.05) is 6.54 Å². The predicted molar refractivity (Wildman–Crippen MR) is 85.9 cm³/mol. The molecule has 0 heterocycles. The monoisotopic (exact) mass is 298 g/mol. The van der Waals surface area contributed by atoms with Crippen molar-refractivity contribution in [2.75, 3.05) is 18.5 Å². The molecule has 0 unspecified atom stereocenters. The van der Waals surface area contributed by atoms with Crippen LogP contribution in [0.2, 0.25) is 5.02 Å². The lowest BCUT2D eigenvalue weighted by atomic mass is 10.1. The Morgan fingerprint density at radius 2 is 2.21 bits per heavy atom. The lowest BCUT2D eigenvalue weighted by molar-refractivity contribution is 0.247. The van der Waals surface area contributed by atoms with Gasteiger partial charge in [0.15, 0.2) is 5.11 Å². The van der Waals surface area contributed by atoms with Crippen molar-refractivity contribution in [3.05, 3.63) is 41.1 Å². The largest absolute Gasteiger partial charge is 0.502 e. The fourth-order valence-electron chi connectivity index (χ4n) is 1.67. The normalized spacial score (nSPS) is 9.84. The standard InChI is InChI=1S/C14H19ClN2OS/c1-4-18-7-5-6-16-14(19)17-13-11(3)8-10(2)9-12(13)15/h4,8-9H,1,5-7H2,2-3H3,(H2,16,17,19). The fraction of sp³-hybridized carbons (Fsp3) is 0.357. The van der Waals surface area contributed by atoms with Crippen molar-refractivity contribution in [1.29, 1.82) is 0 Å². The third-order valence-corrected chi connectivity index (χ3v) is 3.06. The van der Waals surface area contributed by atoms with Gasteiger partial charge in [-0.15, -0.1) is 0 Å². The molecular weight excluding hydrogens is 280 g/mol. The topological polar surface area (TPSA) is 33.3 Å². The van der Waals surface area contributed by atoms with Crippen molar-refractivity contribution >= 4 is 34.6 Å². The Bertz CT molecular complexity index is 440. The van der Waals surface area contributed by atoms with Crippen LogP contribution in [0.25, 0.3) is 0 Å². The molecule has 1 aromatic rings. The maximum Gasteiger partial charge on any atom is 0.170 e. The van der Waals surface area contributed by atoms with Gasteiger partial charge in [0.25, 0.3) is 0 Å². The van der Waals surface area contributed by atoms with Crippen LogP contribution in [0.15, 0.2) is 25.0 Å². The first-order chi connectivity index (χ1) is 9.04. The molecule has 0 atom stereocenters. The van der Waals surface area contributed by atoms with Gasteiger partial charge >= 0.3 is 0 Å². The molecule has 1 rings (SSSR count). The maximum absolute atomic E-state index is 6.20. The van der Waals surface area contributed by atoms with E-state index in [2.05, 4.69) is 23.3 Å². The summed E-state index contributed by atoms with van der Waals surface area (Å²) in [6.45, 7) is 8.86. The third kappa shape index (κ3) is 5.49. The van der Waals surface area contributed by atoms with Gasteiger partial charge in [-0.3, -0.25) is 0 Å². The molecule has 0 saturated carbocycles. The summed E-state index contributed by atoms with van der Waals surface area (Å²) in [7, 11) is 0. The first kappa shape index (κ1) is 15.8. The minimum absolute atomic E-state index is 0.562. The minimum Gasteiger partial charge on any atom is -0.502 e. The molecule has 2 N–H and O–H groups in total. The molecule has 0 radical (unpaired) electrons. The summed E-state index contributed by atoms with van der Waals surface area (Å²) >= 11 is 11.4. The Hall–Kier alpha value is -1.26. The molecule has 5 heteroatoms. The van der Waals surface area contributed by atoms with E-state index in [9.17, 15) is 0 Å². The molecule has 0 bridgehead atoms. The number of benzene rings is 1. The van der Waals surface area contributed by atoms with Gasteiger partial charge in [-0.05, 0) is 49.7 Å². The summed E-state index contributed by atoms with van der Waals surface area (Å²) in [6, 6.07) is 3.98. The van der Waals surface area contributed by atoms with Gasteiger partial charge in [-0.2, -0.15) is 0 Å². The second kappa shape index (κ2) is 8.02. The summed E-state index contributed by atoms with van der Waals surface area (Å²) in [4.78, 5) is 0. The Labute approximate surface area is 125 Å². The van der Waals surface area contributed by atoms with E-state index >= 15 is 0 Å². The molecule has 0 saturated heterocycles. The predicted octanol–water partition coefficient (Wildman–Crippen LogP) is 3.79. The van der Waals surface area contributed by atoms with Crippen molar-refractivity contribution in [2.24, 2.45) is 0 Å². The lowest BCUT2D eigenvalue weighted by Crippen LogP contribution is -2.30. The first-order valence-corrected chi connectivity index (χ1v) is 6.87. The van der Waals surface area contributed by atoms with E-state index in [1.165, 1.54) is 6.26 Å². The van der Waals surface area contributed by atoms with Crippen LogP contribution in [-0.2, 0) is 4.74 Å². The van der Waals surface area contributed by atoms with E-state index in [1.807, 2.05) is 19.9 Å². The highest BCUT2D eigenvalue weighted by molar-refractivity contribution is 7.80. The van der Waals surface area contributed by atoms with Gasteiger partial charge in [-0.25, -0.2) is 0 Å². The average Bonchev–Trinajstić information content (AvgIpc) is 2.33. The highest BCUT2D eigenvalue weighted by Gasteiger charge is 2.06. The number of rotatable bonds is 6. The summed E-state index contributed by atoms with van der Waals surface area (Å²) < 4.78 is 5.02. The van der Waals surface area contributed by atoms with Crippen LogP contribution in [0.4, 0.5) is 5.69 Å². The summed E-state index contributed by atoms with van der Waals surface area (Å²) in [6.07, 6.45) is 2.29. The third-order valence-electron chi connectivity index (χ3n) is 2.51. The molecule has 0 aliphatic heterocycles. The first-order valence-electron chi connectivity index (χ1n) is 6.08. The van der Waals surface area contributed by atoms with Crippen molar-refractivity contribution in [3.8, 4) is 0 Å². The molecule has 19 heavy (non-hydrogen) atoms. The van der Waals surface area contributed by atoms with Crippen LogP contribution in [0.1, 0.15) is 17.5 Å². The zero-order chi connectivity index (χ0) is 14.3. The smallest absolute Gasteiger partial charge is 0.170 e. The summed E-state index contributed by atoms with van der Waals surface area (Å²) in [5, 5.41) is 7.47. The Kier molecular flexibility index (Phi) is 6.67. The van der Waals surface area contributed by atoms with E-state index < -0.39 is 0 Å². The van der Waals surface area contributed by atoms with E-state index in [0.717, 1.165) is 29.8 Å². The number of hydrogen-bond donors (Lipinski definition) is 2. The Balaban J connectivity index is 2.46. The molecule has 0 spiro atoms. The number of anilines is 1. The van der Waals surface area contributed by atoms with Crippen molar-refractivity contribution < 1.29 is 4.74 Å². The quantitative estimate of drug-likeness (QED) is 0.475. The zero-order valence-corrected chi connectivity index (χ0v) is 12.8. The van der Waals surface area contributed by atoms with Crippen molar-refractivity contribution in [1.82, 2.24) is 5.32 Å². The summed E-state index contributed by atoms with van der Waals surface area (Å²) in [5.74, 6) is 0. The molecule has 104 valence electrons. The second-order valence-electron chi connectivity index (χ2n) is 4.21. The Morgan fingerprint density at radius 3 is 2.84 bits per heavy atom. The molecule has 0 aliphatic rings. The number of ether oxygens (including phenoxy) is 1. The molecule has 3 nitrogen and oxygen atoms in total. The van der Waals surface area contributed by atoms with Crippen LogP contribution >= 0.6 is 23.8 Å². The number of halogens is 1. The Morgan fingerprint density at radius 1 is 1.47 bits per heavy atom. The van der Waals surface area contributed by atoms with Gasteiger partial charge in [-0.1, -0.05) is 24.2 Å². The van der Waals surface area contributed by atoms with Crippen LogP contribution in [0.5, 0.6) is 0 Å². The zero-order valence-electron chi connectivity index (χ0n) is 11.3. The molecule has 0 fully saturated rings. The van der Waals surface area contributed by atoms with Crippen LogP contribution in [-0.4, -0.2) is 18.3 Å². The fourth-order valence-corrected chi connectivity index (χ4v) is 2.25. The van der Waals surface area contributed by atoms with Crippen LogP contribution < -0.4 is 10.6 Å². The highest BCUT2D eigenvalue weighted by atomic mass is 35.5. The molecule has 0 amide bonds. The molecule has 0 aromatic heterocycles. The number of hydrogen-bond acceptors (Lipinski definition) is 2. The highest BCUT2D eigenvalue weighted by Crippen LogP contribution is 2.27. The van der Waals surface area contributed by atoms with Crippen LogP contribution in [0.3, 0.4) is 0 Å². The number of aryl methyl sites for hydroxylation is 2. The van der Waals surface area contributed by atoms with Crippen molar-refractivity contribution in [2.45, 2.75) is 20.3 Å². The maximum atomic E-state index is 6.20. The SMILES string of the molecule is C=COCCCNC(=S)Nc1c(C)cc(C)cc1Cl. The van der Waals surface area contributed by atoms with Crippen LogP contribution in [0, 0.1) is 13.8 Å². The lowest BCUT2D eigenvalue weighted by Gasteiger charge is -2.14. The molecular formula is C14H19ClN2OS. The molecule has 0 aliphatic carbocycles. The summed E-state index contributed by atoms with van der Waals surface area (Å²) in [5.41, 5.74) is 3.06. The van der Waals surface area contributed by atoms with Crippen molar-refractivity contribution in [3.63, 3.8) is 0 Å². The van der Waals surface area contributed by atoms with Gasteiger partial charge < -0.3 is 15.4 Å². The minimum atomic E-state index is 0.562. The van der Waals surface area contributed by atoms with E-state index in [0.29, 0.717) is 16.7 Å². The second-order valence-corrected chi connectivity index (χ2v) is 5.03. The van der Waals surface area contributed by atoms with E-state index in [1.54, 1.807) is 0 Å². The van der Waals surface area contributed by atoms with Gasteiger partial charge in [0.1, 0.15) is 0 Å². The molecule has 1 aromatic carbocycles. The number of nitrogens with one attached hydrogen (secondary N) is 2. The van der Waals surface area contributed by atoms with E-state index in [-0.39, 0.29) is 0 Å². The van der Waals surface area contributed by atoms with E-state index in [4.69, 9.17) is 28.6 Å². The number of thiocarbonyl (C=S) groups is 1. The average molecular weight is 299 g/mol. The van der Waals surface area contributed by atoms with Gasteiger partial charge in [0.2, 0.25) is 0 Å². The van der Waals surface area contributed by atoms with Gasteiger partial charge in [0.05, 0.1) is 23.6 Å².